The van der Waals surface area contributed by atoms with E-state index in [0.717, 1.165) is 5.56 Å². The highest BCUT2D eigenvalue weighted by atomic mass is 16.4. The van der Waals surface area contributed by atoms with Gasteiger partial charge in [0.15, 0.2) is 0 Å². The van der Waals surface area contributed by atoms with Crippen molar-refractivity contribution in [3.8, 4) is 11.5 Å². The van der Waals surface area contributed by atoms with Crippen molar-refractivity contribution in [2.75, 3.05) is 5.32 Å². The molecule has 8 heteroatoms. The molecule has 0 spiro atoms. The molecule has 140 valence electrons. The fraction of sp³-hybridized carbons (Fsp3) is 0.150. The lowest BCUT2D eigenvalue weighted by atomic mass is 10.1. The van der Waals surface area contributed by atoms with Gasteiger partial charge in [-0.05, 0) is 35.9 Å². The third-order valence-electron chi connectivity index (χ3n) is 4.44. The summed E-state index contributed by atoms with van der Waals surface area (Å²) in [6, 6.07) is 13.9. The Kier molecular flexibility index (Phi) is 4.67. The second-order valence-electron chi connectivity index (χ2n) is 6.35. The summed E-state index contributed by atoms with van der Waals surface area (Å²) in [6.07, 6.45) is 1.77. The predicted molar refractivity (Wildman–Crippen MR) is 98.9 cm³/mol. The van der Waals surface area contributed by atoms with E-state index in [1.165, 1.54) is 11.3 Å². The first-order valence-electron chi connectivity index (χ1n) is 8.70. The van der Waals surface area contributed by atoms with Gasteiger partial charge < -0.3 is 9.73 Å². The zero-order valence-corrected chi connectivity index (χ0v) is 14.8. The van der Waals surface area contributed by atoms with Crippen molar-refractivity contribution in [1.82, 2.24) is 15.1 Å². The quantitative estimate of drug-likeness (QED) is 0.686. The summed E-state index contributed by atoms with van der Waals surface area (Å²) in [6.45, 7) is 0.228. The maximum atomic E-state index is 12.5. The van der Waals surface area contributed by atoms with Crippen LogP contribution in [0.3, 0.4) is 0 Å². The lowest BCUT2D eigenvalue weighted by Crippen LogP contribution is -2.28. The van der Waals surface area contributed by atoms with Crippen LogP contribution >= 0.6 is 0 Å². The number of likely N-dealkylation sites (tertiary alicyclic amines) is 1. The Labute approximate surface area is 160 Å². The van der Waals surface area contributed by atoms with Crippen LogP contribution in [0, 0.1) is 0 Å². The molecule has 0 unspecified atom stereocenters. The number of anilines is 1. The van der Waals surface area contributed by atoms with E-state index < -0.39 is 0 Å². The van der Waals surface area contributed by atoms with Crippen molar-refractivity contribution < 1.29 is 18.8 Å². The summed E-state index contributed by atoms with van der Waals surface area (Å²) in [4.78, 5) is 37.2. The van der Waals surface area contributed by atoms with Crippen molar-refractivity contribution in [1.29, 1.82) is 0 Å². The summed E-state index contributed by atoms with van der Waals surface area (Å²) in [5.74, 6) is -0.227. The molecule has 1 fully saturated rings. The summed E-state index contributed by atoms with van der Waals surface area (Å²) in [5, 5.41) is 10.3. The minimum absolute atomic E-state index is 0.159. The molecule has 0 atom stereocenters. The number of aromatic nitrogens is 2. The zero-order chi connectivity index (χ0) is 19.5. The Bertz CT molecular complexity index is 1010. The Morgan fingerprint density at radius 1 is 1.07 bits per heavy atom. The summed E-state index contributed by atoms with van der Waals surface area (Å²) >= 11 is 0. The molecule has 1 N–H and O–H groups in total. The van der Waals surface area contributed by atoms with Gasteiger partial charge in [-0.2, -0.15) is 0 Å². The Morgan fingerprint density at radius 2 is 1.82 bits per heavy atom. The molecular formula is C20H16N4O4. The van der Waals surface area contributed by atoms with Gasteiger partial charge in [-0.3, -0.25) is 19.3 Å². The van der Waals surface area contributed by atoms with Crippen LogP contribution in [0.1, 0.15) is 28.8 Å². The van der Waals surface area contributed by atoms with E-state index in [1.54, 1.807) is 48.5 Å². The second kappa shape index (κ2) is 7.43. The first kappa shape index (κ1) is 17.6. The Morgan fingerprint density at radius 3 is 2.50 bits per heavy atom. The van der Waals surface area contributed by atoms with Crippen LogP contribution < -0.4 is 5.32 Å². The van der Waals surface area contributed by atoms with E-state index in [1.807, 2.05) is 0 Å². The molecule has 4 rings (SSSR count). The fourth-order valence-corrected chi connectivity index (χ4v) is 2.98. The molecule has 8 nitrogen and oxygen atoms in total. The van der Waals surface area contributed by atoms with Crippen LogP contribution in [0.4, 0.5) is 5.69 Å². The molecule has 1 aromatic heterocycles. The first-order valence-corrected chi connectivity index (χ1v) is 8.70. The number of rotatable bonds is 5. The lowest BCUT2D eigenvalue weighted by Gasteiger charge is -2.14. The van der Waals surface area contributed by atoms with Crippen molar-refractivity contribution in [2.45, 2.75) is 19.4 Å². The number of imide groups is 1. The van der Waals surface area contributed by atoms with Gasteiger partial charge in [0.2, 0.25) is 24.1 Å². The van der Waals surface area contributed by atoms with E-state index in [-0.39, 0.29) is 37.1 Å². The highest BCUT2D eigenvalue weighted by Gasteiger charge is 2.28. The largest absolute Gasteiger partial charge is 0.423 e. The average molecular weight is 376 g/mol. The molecular weight excluding hydrogens is 360 g/mol. The van der Waals surface area contributed by atoms with Gasteiger partial charge in [-0.1, -0.05) is 18.2 Å². The van der Waals surface area contributed by atoms with E-state index >= 15 is 0 Å². The van der Waals surface area contributed by atoms with Crippen molar-refractivity contribution >= 4 is 23.4 Å². The molecule has 0 saturated carbocycles. The molecule has 1 aliphatic rings. The maximum Gasteiger partial charge on any atom is 0.255 e. The van der Waals surface area contributed by atoms with Gasteiger partial charge in [0, 0.05) is 29.7 Å². The molecule has 0 radical (unpaired) electrons. The maximum absolute atomic E-state index is 12.5. The topological polar surface area (TPSA) is 105 Å². The minimum atomic E-state index is -0.275. The van der Waals surface area contributed by atoms with Crippen LogP contribution in [-0.2, 0) is 16.1 Å². The molecule has 1 saturated heterocycles. The number of carbonyl (C=O) groups is 3. The van der Waals surface area contributed by atoms with Crippen molar-refractivity contribution in [3.63, 3.8) is 0 Å². The standard InChI is InChI=1S/C20H16N4O4/c25-17-8-9-18(26)24(17)11-13-4-6-14(7-5-13)19(27)22-16-3-1-2-15(10-16)20-23-21-12-28-20/h1-7,10,12H,8-9,11H2,(H,22,27). The number of hydrogen-bond donors (Lipinski definition) is 1. The number of nitrogens with one attached hydrogen (secondary N) is 1. The molecule has 0 bridgehead atoms. The first-order chi connectivity index (χ1) is 13.6. The third kappa shape index (κ3) is 3.66. The predicted octanol–water partition coefficient (Wildman–Crippen LogP) is 2.64. The monoisotopic (exact) mass is 376 g/mol. The van der Waals surface area contributed by atoms with Gasteiger partial charge in [0.05, 0.1) is 6.54 Å². The molecule has 2 heterocycles. The minimum Gasteiger partial charge on any atom is -0.423 e. The van der Waals surface area contributed by atoms with Crippen LogP contribution in [0.15, 0.2) is 59.3 Å². The summed E-state index contributed by atoms with van der Waals surface area (Å²) < 4.78 is 5.16. The number of carbonyl (C=O) groups excluding carboxylic acids is 3. The van der Waals surface area contributed by atoms with Crippen molar-refractivity contribution in [2.24, 2.45) is 0 Å². The Hall–Kier alpha value is -3.81. The van der Waals surface area contributed by atoms with Crippen molar-refractivity contribution in [3.05, 3.63) is 66.1 Å². The van der Waals surface area contributed by atoms with Crippen LogP contribution in [0.5, 0.6) is 0 Å². The molecule has 3 amide bonds. The molecule has 2 aromatic carbocycles. The van der Waals surface area contributed by atoms with Gasteiger partial charge in [-0.25, -0.2) is 0 Å². The van der Waals surface area contributed by atoms with Crippen LogP contribution in [-0.4, -0.2) is 32.8 Å². The highest BCUT2D eigenvalue weighted by molar-refractivity contribution is 6.04. The normalized spacial score (nSPS) is 13.8. The third-order valence-corrected chi connectivity index (χ3v) is 4.44. The zero-order valence-electron chi connectivity index (χ0n) is 14.8. The summed E-state index contributed by atoms with van der Waals surface area (Å²) in [5.41, 5.74) is 2.55. The van der Waals surface area contributed by atoms with Gasteiger partial charge in [0.25, 0.3) is 5.91 Å². The SMILES string of the molecule is O=C(Nc1cccc(-c2nnco2)c1)c1ccc(CN2C(=O)CCC2=O)cc1. The van der Waals surface area contributed by atoms with Crippen LogP contribution in [0.25, 0.3) is 11.5 Å². The van der Waals surface area contributed by atoms with E-state index in [4.69, 9.17) is 4.42 Å². The number of benzene rings is 2. The van der Waals surface area contributed by atoms with Gasteiger partial charge in [-0.15, -0.1) is 10.2 Å². The molecule has 28 heavy (non-hydrogen) atoms. The average Bonchev–Trinajstić information content (AvgIpc) is 3.35. The Balaban J connectivity index is 1.43. The van der Waals surface area contributed by atoms with Gasteiger partial charge in [0.1, 0.15) is 0 Å². The number of hydrogen-bond acceptors (Lipinski definition) is 6. The smallest absolute Gasteiger partial charge is 0.255 e. The molecule has 3 aromatic rings. The number of nitrogens with zero attached hydrogens (tertiary/aromatic N) is 3. The van der Waals surface area contributed by atoms with Gasteiger partial charge >= 0.3 is 0 Å². The van der Waals surface area contributed by atoms with E-state index in [2.05, 4.69) is 15.5 Å². The van der Waals surface area contributed by atoms with Crippen LogP contribution in [0.2, 0.25) is 0 Å². The molecule has 1 aliphatic heterocycles. The lowest BCUT2D eigenvalue weighted by molar-refractivity contribution is -0.139. The number of amides is 3. The summed E-state index contributed by atoms with van der Waals surface area (Å²) in [7, 11) is 0. The molecule has 0 aliphatic carbocycles. The van der Waals surface area contributed by atoms with E-state index in [0.29, 0.717) is 22.7 Å². The fourth-order valence-electron chi connectivity index (χ4n) is 2.98. The second-order valence-corrected chi connectivity index (χ2v) is 6.35. The highest BCUT2D eigenvalue weighted by Crippen LogP contribution is 2.21. The van der Waals surface area contributed by atoms with E-state index in [9.17, 15) is 14.4 Å².